The second-order valence-corrected chi connectivity index (χ2v) is 5.04. The quantitative estimate of drug-likeness (QED) is 0.922. The molecule has 2 rings (SSSR count). The Kier molecular flexibility index (Phi) is 4.43. The van der Waals surface area contributed by atoms with Crippen molar-refractivity contribution in [1.82, 2.24) is 5.32 Å². The molecule has 1 aliphatic heterocycles. The summed E-state index contributed by atoms with van der Waals surface area (Å²) in [6, 6.07) is 7.55. The first-order valence-electron chi connectivity index (χ1n) is 6.39. The Morgan fingerprint density at radius 3 is 3.00 bits per heavy atom. The highest BCUT2D eigenvalue weighted by Gasteiger charge is 2.29. The highest BCUT2D eigenvalue weighted by molar-refractivity contribution is 6.34. The van der Waals surface area contributed by atoms with E-state index in [4.69, 9.17) is 16.4 Å². The second kappa shape index (κ2) is 6.06. The van der Waals surface area contributed by atoms with Gasteiger partial charge in [0.1, 0.15) is 0 Å². The van der Waals surface area contributed by atoms with Gasteiger partial charge in [-0.3, -0.25) is 4.79 Å². The molecule has 0 fully saturated rings. The van der Waals surface area contributed by atoms with E-state index in [1.54, 1.807) is 6.07 Å². The summed E-state index contributed by atoms with van der Waals surface area (Å²) in [7, 11) is 0. The largest absolute Gasteiger partial charge is 0.382 e. The molecule has 0 radical (unpaired) electrons. The number of amides is 1. The first-order valence-corrected chi connectivity index (χ1v) is 6.77. The van der Waals surface area contributed by atoms with Gasteiger partial charge in [-0.05, 0) is 19.4 Å². The lowest BCUT2D eigenvalue weighted by Crippen LogP contribution is -2.39. The van der Waals surface area contributed by atoms with Crippen LogP contribution in [0.3, 0.4) is 0 Å². The van der Waals surface area contributed by atoms with Crippen LogP contribution >= 0.6 is 11.6 Å². The summed E-state index contributed by atoms with van der Waals surface area (Å²) in [6.07, 6.45) is 0.781. The topological polar surface area (TPSA) is 50.7 Å². The van der Waals surface area contributed by atoms with E-state index >= 15 is 0 Å². The number of nitrogens with zero attached hydrogens (tertiary/aromatic N) is 1. The molecular weight excluding hydrogens is 264 g/mol. The number of carbonyl (C=O) groups is 1. The lowest BCUT2D eigenvalue weighted by Gasteiger charge is -2.14. The van der Waals surface area contributed by atoms with Gasteiger partial charge in [-0.2, -0.15) is 0 Å². The molecule has 5 heteroatoms. The van der Waals surface area contributed by atoms with Crippen LogP contribution < -0.4 is 5.32 Å². The predicted octanol–water partition coefficient (Wildman–Crippen LogP) is 2.75. The maximum Gasteiger partial charge on any atom is 0.264 e. The number of benzene rings is 1. The van der Waals surface area contributed by atoms with E-state index in [9.17, 15) is 4.79 Å². The van der Waals surface area contributed by atoms with Gasteiger partial charge in [0.2, 0.25) is 6.10 Å². The zero-order valence-corrected chi connectivity index (χ0v) is 11.8. The van der Waals surface area contributed by atoms with Gasteiger partial charge < -0.3 is 10.2 Å². The summed E-state index contributed by atoms with van der Waals surface area (Å²) in [6.45, 7) is 3.98. The highest BCUT2D eigenvalue weighted by Crippen LogP contribution is 2.22. The van der Waals surface area contributed by atoms with E-state index in [1.807, 2.05) is 32.0 Å². The molecule has 0 unspecified atom stereocenters. The van der Waals surface area contributed by atoms with Crippen LogP contribution in [0, 0.1) is 0 Å². The number of rotatable bonds is 4. The molecule has 4 nitrogen and oxygen atoms in total. The van der Waals surface area contributed by atoms with Gasteiger partial charge in [0.15, 0.2) is 0 Å². The van der Waals surface area contributed by atoms with Crippen molar-refractivity contribution in [3.8, 4) is 0 Å². The van der Waals surface area contributed by atoms with E-state index in [0.717, 1.165) is 17.7 Å². The van der Waals surface area contributed by atoms with E-state index in [2.05, 4.69) is 10.5 Å². The van der Waals surface area contributed by atoms with Crippen LogP contribution in [0.15, 0.2) is 29.4 Å². The zero-order valence-electron chi connectivity index (χ0n) is 11.0. The Hall–Kier alpha value is -1.55. The smallest absolute Gasteiger partial charge is 0.264 e. The SMILES string of the molecule is CC[C@@H](C)NC(=O)[C@@H]1CC(c2ccccc2Cl)=NO1. The normalized spacial score (nSPS) is 19.5. The van der Waals surface area contributed by atoms with Crippen molar-refractivity contribution in [2.45, 2.75) is 38.8 Å². The molecule has 2 atom stereocenters. The summed E-state index contributed by atoms with van der Waals surface area (Å²) in [5.74, 6) is -0.125. The maximum atomic E-state index is 11.9. The third-order valence-electron chi connectivity index (χ3n) is 3.15. The van der Waals surface area contributed by atoms with Crippen molar-refractivity contribution >= 4 is 23.2 Å². The number of hydrogen-bond acceptors (Lipinski definition) is 3. The molecular formula is C14H17ClN2O2. The molecule has 1 aromatic rings. The Balaban J connectivity index is 2.00. The van der Waals surface area contributed by atoms with Crippen molar-refractivity contribution in [1.29, 1.82) is 0 Å². The summed E-state index contributed by atoms with van der Waals surface area (Å²) in [5, 5.41) is 7.48. The van der Waals surface area contributed by atoms with Crippen LogP contribution in [0.25, 0.3) is 0 Å². The first-order chi connectivity index (χ1) is 9.11. The first kappa shape index (κ1) is 13.9. The van der Waals surface area contributed by atoms with Crippen molar-refractivity contribution in [2.75, 3.05) is 0 Å². The molecule has 1 heterocycles. The molecule has 0 aliphatic carbocycles. The van der Waals surface area contributed by atoms with Crippen molar-refractivity contribution in [3.05, 3.63) is 34.9 Å². The van der Waals surface area contributed by atoms with Crippen LogP contribution in [0.4, 0.5) is 0 Å². The van der Waals surface area contributed by atoms with Gasteiger partial charge in [0, 0.05) is 23.0 Å². The number of halogens is 1. The summed E-state index contributed by atoms with van der Waals surface area (Å²) in [4.78, 5) is 17.1. The minimum atomic E-state index is -0.555. The fourth-order valence-corrected chi connectivity index (χ4v) is 2.05. The molecule has 19 heavy (non-hydrogen) atoms. The number of oxime groups is 1. The van der Waals surface area contributed by atoms with Gasteiger partial charge in [0.05, 0.1) is 5.71 Å². The standard InChI is InChI=1S/C14H17ClN2O2/c1-3-9(2)16-14(18)13-8-12(17-19-13)10-6-4-5-7-11(10)15/h4-7,9,13H,3,8H2,1-2H3,(H,16,18)/t9-,13+/m1/s1. The predicted molar refractivity (Wildman–Crippen MR) is 75.4 cm³/mol. The van der Waals surface area contributed by atoms with Crippen LogP contribution in [0.1, 0.15) is 32.3 Å². The van der Waals surface area contributed by atoms with E-state index in [0.29, 0.717) is 11.4 Å². The Bertz CT molecular complexity index is 502. The fraction of sp³-hybridized carbons (Fsp3) is 0.429. The monoisotopic (exact) mass is 280 g/mol. The number of hydrogen-bond donors (Lipinski definition) is 1. The molecule has 1 aliphatic rings. The van der Waals surface area contributed by atoms with Gasteiger partial charge in [0.25, 0.3) is 5.91 Å². The van der Waals surface area contributed by atoms with Gasteiger partial charge >= 0.3 is 0 Å². The Labute approximate surface area is 117 Å². The second-order valence-electron chi connectivity index (χ2n) is 4.63. The van der Waals surface area contributed by atoms with Gasteiger partial charge in [-0.25, -0.2) is 0 Å². The molecule has 102 valence electrons. The molecule has 1 N–H and O–H groups in total. The van der Waals surface area contributed by atoms with Gasteiger partial charge in [-0.1, -0.05) is 41.9 Å². The molecule has 0 bridgehead atoms. The minimum absolute atomic E-state index is 0.125. The van der Waals surface area contributed by atoms with Crippen LogP contribution in [-0.2, 0) is 9.63 Å². The Morgan fingerprint density at radius 1 is 1.58 bits per heavy atom. The Morgan fingerprint density at radius 2 is 2.32 bits per heavy atom. The average molecular weight is 281 g/mol. The highest BCUT2D eigenvalue weighted by atomic mass is 35.5. The van der Waals surface area contributed by atoms with Crippen molar-refractivity contribution in [3.63, 3.8) is 0 Å². The summed E-state index contributed by atoms with van der Waals surface area (Å²) in [5.41, 5.74) is 1.54. The molecule has 0 spiro atoms. The van der Waals surface area contributed by atoms with Crippen molar-refractivity contribution in [2.24, 2.45) is 5.16 Å². The lowest BCUT2D eigenvalue weighted by atomic mass is 10.0. The number of carbonyl (C=O) groups excluding carboxylic acids is 1. The maximum absolute atomic E-state index is 11.9. The third kappa shape index (κ3) is 3.26. The minimum Gasteiger partial charge on any atom is -0.382 e. The van der Waals surface area contributed by atoms with E-state index < -0.39 is 6.10 Å². The fourth-order valence-electron chi connectivity index (χ4n) is 1.81. The van der Waals surface area contributed by atoms with E-state index in [1.165, 1.54) is 0 Å². The average Bonchev–Trinajstić information content (AvgIpc) is 2.88. The summed E-state index contributed by atoms with van der Waals surface area (Å²) < 4.78 is 0. The summed E-state index contributed by atoms with van der Waals surface area (Å²) >= 11 is 6.10. The molecule has 1 aromatic carbocycles. The zero-order chi connectivity index (χ0) is 13.8. The van der Waals surface area contributed by atoms with Crippen LogP contribution in [-0.4, -0.2) is 23.8 Å². The number of nitrogens with one attached hydrogen (secondary N) is 1. The van der Waals surface area contributed by atoms with Crippen LogP contribution in [0.5, 0.6) is 0 Å². The molecule has 1 amide bonds. The lowest BCUT2D eigenvalue weighted by molar-refractivity contribution is -0.131. The van der Waals surface area contributed by atoms with Crippen LogP contribution in [0.2, 0.25) is 5.02 Å². The van der Waals surface area contributed by atoms with E-state index in [-0.39, 0.29) is 11.9 Å². The van der Waals surface area contributed by atoms with Gasteiger partial charge in [-0.15, -0.1) is 0 Å². The van der Waals surface area contributed by atoms with Crippen molar-refractivity contribution < 1.29 is 9.63 Å². The molecule has 0 saturated heterocycles. The third-order valence-corrected chi connectivity index (χ3v) is 3.48. The molecule has 0 saturated carbocycles. The molecule has 0 aromatic heterocycles.